The summed E-state index contributed by atoms with van der Waals surface area (Å²) in [5.41, 5.74) is 6.49. The highest BCUT2D eigenvalue weighted by Gasteiger charge is 2.20. The van der Waals surface area contributed by atoms with Gasteiger partial charge in [0.05, 0.1) is 11.3 Å². The second-order valence-electron chi connectivity index (χ2n) is 5.10. The van der Waals surface area contributed by atoms with E-state index in [4.69, 9.17) is 15.2 Å². The van der Waals surface area contributed by atoms with Crippen molar-refractivity contribution in [2.45, 2.75) is 27.2 Å². The number of esters is 1. The molecule has 6 heteroatoms. The van der Waals surface area contributed by atoms with Crippen molar-refractivity contribution in [2.24, 2.45) is 7.05 Å². The highest BCUT2D eigenvalue weighted by molar-refractivity contribution is 5.91. The number of fused-ring (bicyclic) bond motifs is 1. The fraction of sp³-hybridized carbons (Fsp3) is 0.294. The summed E-state index contributed by atoms with van der Waals surface area (Å²) < 4.78 is 12.4. The minimum Gasteiger partial charge on any atom is -0.457 e. The van der Waals surface area contributed by atoms with Gasteiger partial charge in [0.1, 0.15) is 0 Å². The first kappa shape index (κ1) is 16.6. The molecule has 122 valence electrons. The smallest absolute Gasteiger partial charge is 0.308 e. The van der Waals surface area contributed by atoms with Gasteiger partial charge in [0, 0.05) is 31.5 Å². The Morgan fingerprint density at radius 2 is 2.00 bits per heavy atom. The summed E-state index contributed by atoms with van der Waals surface area (Å²) in [6.45, 7) is 5.01. The largest absolute Gasteiger partial charge is 0.457 e. The van der Waals surface area contributed by atoms with Crippen LogP contribution in [0.2, 0.25) is 0 Å². The summed E-state index contributed by atoms with van der Waals surface area (Å²) in [5, 5.41) is 0.644. The number of ether oxygens (including phenoxy) is 2. The third-order valence-electron chi connectivity index (χ3n) is 3.48. The molecular formula is C17H20N2O4. The maximum atomic E-state index is 12.6. The lowest BCUT2D eigenvalue weighted by Crippen LogP contribution is -2.22. The highest BCUT2D eigenvalue weighted by Crippen LogP contribution is 2.35. The van der Waals surface area contributed by atoms with Crippen LogP contribution in [0.1, 0.15) is 27.2 Å². The summed E-state index contributed by atoms with van der Waals surface area (Å²) in [5.74, 6) is 0.198. The molecule has 1 aromatic heterocycles. The number of allylic oxidation sites excluding steroid dienone is 2. The van der Waals surface area contributed by atoms with Crippen LogP contribution in [0, 0.1) is 0 Å². The molecule has 0 radical (unpaired) electrons. The molecular weight excluding hydrogens is 296 g/mol. The monoisotopic (exact) mass is 316 g/mol. The molecule has 0 unspecified atom stereocenters. The van der Waals surface area contributed by atoms with Gasteiger partial charge < -0.3 is 19.8 Å². The van der Waals surface area contributed by atoms with Crippen molar-refractivity contribution >= 4 is 22.6 Å². The molecule has 0 aliphatic carbocycles. The third kappa shape index (κ3) is 3.21. The predicted octanol–water partition coefficient (Wildman–Crippen LogP) is 2.74. The van der Waals surface area contributed by atoms with Crippen molar-refractivity contribution in [3.8, 4) is 11.5 Å². The third-order valence-corrected chi connectivity index (χ3v) is 3.48. The van der Waals surface area contributed by atoms with Crippen LogP contribution < -0.4 is 20.8 Å². The number of aryl methyl sites for hydroxylation is 1. The van der Waals surface area contributed by atoms with Crippen molar-refractivity contribution in [2.75, 3.05) is 5.73 Å². The Hall–Kier alpha value is -2.76. The molecule has 1 heterocycles. The van der Waals surface area contributed by atoms with Crippen molar-refractivity contribution in [1.82, 2.24) is 4.57 Å². The molecule has 6 nitrogen and oxygen atoms in total. The fourth-order valence-electron chi connectivity index (χ4n) is 2.30. The van der Waals surface area contributed by atoms with Crippen LogP contribution in [-0.2, 0) is 11.8 Å². The van der Waals surface area contributed by atoms with E-state index in [1.165, 1.54) is 11.5 Å². The Morgan fingerprint density at radius 3 is 2.57 bits per heavy atom. The Kier molecular flexibility index (Phi) is 4.74. The lowest BCUT2D eigenvalue weighted by Gasteiger charge is -2.16. The zero-order chi connectivity index (χ0) is 17.1. The number of aromatic nitrogens is 1. The molecule has 23 heavy (non-hydrogen) atoms. The van der Waals surface area contributed by atoms with Crippen LogP contribution in [0.25, 0.3) is 10.9 Å². The number of hydrogen-bond donors (Lipinski definition) is 1. The van der Waals surface area contributed by atoms with Gasteiger partial charge >= 0.3 is 5.97 Å². The summed E-state index contributed by atoms with van der Waals surface area (Å²) >= 11 is 0. The number of anilines is 1. The van der Waals surface area contributed by atoms with E-state index < -0.39 is 11.5 Å². The quantitative estimate of drug-likeness (QED) is 0.533. The molecule has 2 N–H and O–H groups in total. The topological polar surface area (TPSA) is 83.5 Å². The van der Waals surface area contributed by atoms with Crippen molar-refractivity contribution < 1.29 is 14.3 Å². The number of nitrogens with zero attached hydrogens (tertiary/aromatic N) is 1. The van der Waals surface area contributed by atoms with Gasteiger partial charge in [-0.15, -0.1) is 0 Å². The summed E-state index contributed by atoms with van der Waals surface area (Å²) in [4.78, 5) is 23.9. The first-order valence-corrected chi connectivity index (χ1v) is 7.32. The molecule has 0 saturated carbocycles. The van der Waals surface area contributed by atoms with E-state index in [0.29, 0.717) is 28.8 Å². The van der Waals surface area contributed by atoms with Crippen molar-refractivity contribution in [3.05, 3.63) is 40.4 Å². The lowest BCUT2D eigenvalue weighted by molar-refractivity contribution is -0.132. The SMILES string of the molecule is CC=C(CC)Oc1c(OC(C)=O)c(=O)n(C)c2cc(N)ccc12. The van der Waals surface area contributed by atoms with Crippen molar-refractivity contribution in [1.29, 1.82) is 0 Å². The predicted molar refractivity (Wildman–Crippen MR) is 89.6 cm³/mol. The molecule has 0 amide bonds. The number of benzene rings is 1. The normalized spacial score (nSPS) is 11.6. The van der Waals surface area contributed by atoms with E-state index in [1.807, 2.05) is 13.8 Å². The van der Waals surface area contributed by atoms with Crippen molar-refractivity contribution in [3.63, 3.8) is 0 Å². The van der Waals surface area contributed by atoms with Gasteiger partial charge in [-0.3, -0.25) is 9.59 Å². The van der Waals surface area contributed by atoms with E-state index in [-0.39, 0.29) is 11.5 Å². The van der Waals surface area contributed by atoms with Crippen LogP contribution in [0.3, 0.4) is 0 Å². The minimum atomic E-state index is -0.583. The second kappa shape index (κ2) is 6.56. The molecule has 0 fully saturated rings. The van der Waals surface area contributed by atoms with Crippen LogP contribution >= 0.6 is 0 Å². The van der Waals surface area contributed by atoms with Crippen LogP contribution in [0.5, 0.6) is 11.5 Å². The molecule has 0 aliphatic heterocycles. The molecule has 0 bridgehead atoms. The van der Waals surface area contributed by atoms with Gasteiger partial charge in [-0.2, -0.15) is 0 Å². The van der Waals surface area contributed by atoms with Gasteiger partial charge in [0.15, 0.2) is 5.75 Å². The molecule has 0 atom stereocenters. The molecule has 2 aromatic rings. The first-order chi connectivity index (χ1) is 10.9. The standard InChI is InChI=1S/C17H20N2O4/c1-5-12(6-2)23-15-13-8-7-11(18)9-14(13)19(4)17(21)16(15)22-10(3)20/h5,7-9H,6,18H2,1-4H3. The van der Waals surface area contributed by atoms with Crippen LogP contribution in [0.4, 0.5) is 5.69 Å². The van der Waals surface area contributed by atoms with E-state index in [2.05, 4.69) is 0 Å². The van der Waals surface area contributed by atoms with E-state index >= 15 is 0 Å². The van der Waals surface area contributed by atoms with Gasteiger partial charge in [0.25, 0.3) is 5.56 Å². The minimum absolute atomic E-state index is 0.120. The van der Waals surface area contributed by atoms with E-state index in [0.717, 1.165) is 0 Å². The molecule has 1 aromatic carbocycles. The average Bonchev–Trinajstić information content (AvgIpc) is 2.52. The van der Waals surface area contributed by atoms with E-state index in [1.54, 1.807) is 31.3 Å². The summed E-state index contributed by atoms with van der Waals surface area (Å²) in [7, 11) is 1.59. The first-order valence-electron chi connectivity index (χ1n) is 7.32. The number of rotatable bonds is 4. The van der Waals surface area contributed by atoms with Crippen LogP contribution in [0.15, 0.2) is 34.8 Å². The van der Waals surface area contributed by atoms with Gasteiger partial charge in [-0.05, 0) is 31.2 Å². The molecule has 0 saturated heterocycles. The number of nitrogen functional groups attached to an aromatic ring is 1. The Labute approximate surface area is 134 Å². The number of carbonyl (C=O) groups is 1. The summed E-state index contributed by atoms with van der Waals surface area (Å²) in [6.07, 6.45) is 2.44. The Morgan fingerprint density at radius 1 is 1.30 bits per heavy atom. The number of pyridine rings is 1. The number of hydrogen-bond acceptors (Lipinski definition) is 5. The molecule has 2 rings (SSSR count). The molecule has 0 spiro atoms. The zero-order valence-electron chi connectivity index (χ0n) is 13.7. The maximum absolute atomic E-state index is 12.6. The van der Waals surface area contributed by atoms with Crippen LogP contribution in [-0.4, -0.2) is 10.5 Å². The average molecular weight is 316 g/mol. The zero-order valence-corrected chi connectivity index (χ0v) is 13.7. The summed E-state index contributed by atoms with van der Waals surface area (Å²) in [6, 6.07) is 5.14. The number of carbonyl (C=O) groups excluding carboxylic acids is 1. The Bertz CT molecular complexity index is 850. The fourth-order valence-corrected chi connectivity index (χ4v) is 2.30. The molecule has 0 aliphatic rings. The number of nitrogens with two attached hydrogens (primary N) is 1. The van der Waals surface area contributed by atoms with Gasteiger partial charge in [-0.25, -0.2) is 0 Å². The van der Waals surface area contributed by atoms with Gasteiger partial charge in [-0.1, -0.05) is 6.92 Å². The van der Waals surface area contributed by atoms with Gasteiger partial charge in [0.2, 0.25) is 5.75 Å². The highest BCUT2D eigenvalue weighted by atomic mass is 16.6. The maximum Gasteiger partial charge on any atom is 0.308 e. The van der Waals surface area contributed by atoms with E-state index in [9.17, 15) is 9.59 Å². The second-order valence-corrected chi connectivity index (χ2v) is 5.10. The lowest BCUT2D eigenvalue weighted by atomic mass is 10.1. The Balaban J connectivity index is 2.84.